The zero-order chi connectivity index (χ0) is 13.3. The first-order valence-corrected chi connectivity index (χ1v) is 7.01. The number of benzene rings is 1. The summed E-state index contributed by atoms with van der Waals surface area (Å²) >= 11 is 1.47. The highest BCUT2D eigenvalue weighted by Gasteiger charge is 1.99. The van der Waals surface area contributed by atoms with E-state index in [2.05, 4.69) is 15.5 Å². The normalized spacial score (nSPS) is 10.4. The van der Waals surface area contributed by atoms with Crippen LogP contribution in [0.15, 0.2) is 29.8 Å². The van der Waals surface area contributed by atoms with Crippen molar-refractivity contribution in [3.63, 3.8) is 0 Å². The van der Waals surface area contributed by atoms with Crippen LogP contribution in [-0.2, 0) is 4.74 Å². The highest BCUT2D eigenvalue weighted by atomic mass is 32.1. The van der Waals surface area contributed by atoms with E-state index in [0.717, 1.165) is 36.0 Å². The van der Waals surface area contributed by atoms with Crippen LogP contribution in [0.4, 0.5) is 10.8 Å². The Morgan fingerprint density at radius 3 is 2.63 bits per heavy atom. The lowest BCUT2D eigenvalue weighted by Gasteiger charge is -2.07. The molecule has 0 saturated heterocycles. The maximum atomic E-state index is 5.63. The molecular formula is C13H17N3O2S. The fraction of sp³-hybridized carbons (Fsp3) is 0.385. The highest BCUT2D eigenvalue weighted by molar-refractivity contribution is 7.13. The number of hydrogen-bond donors (Lipinski definition) is 1. The second kappa shape index (κ2) is 7.70. The van der Waals surface area contributed by atoms with E-state index in [9.17, 15) is 0 Å². The zero-order valence-corrected chi connectivity index (χ0v) is 11.7. The molecule has 0 unspecified atom stereocenters. The summed E-state index contributed by atoms with van der Waals surface area (Å²) in [6.45, 7) is 1.50. The van der Waals surface area contributed by atoms with Crippen molar-refractivity contribution >= 4 is 22.2 Å². The number of methoxy groups -OCH3 is 1. The molecule has 0 fully saturated rings. The lowest BCUT2D eigenvalue weighted by Crippen LogP contribution is -1.99. The fourth-order valence-electron chi connectivity index (χ4n) is 1.52. The number of hydrogen-bond acceptors (Lipinski definition) is 6. The average Bonchev–Trinajstić information content (AvgIpc) is 2.93. The molecule has 1 heterocycles. The van der Waals surface area contributed by atoms with Crippen LogP contribution in [-0.4, -0.2) is 30.5 Å². The van der Waals surface area contributed by atoms with E-state index < -0.39 is 0 Å². The molecular weight excluding hydrogens is 262 g/mol. The quantitative estimate of drug-likeness (QED) is 0.752. The van der Waals surface area contributed by atoms with E-state index in [-0.39, 0.29) is 0 Å². The summed E-state index contributed by atoms with van der Waals surface area (Å²) in [6, 6.07) is 7.82. The number of aromatic nitrogens is 2. The molecule has 1 N–H and O–H groups in total. The molecule has 2 rings (SSSR count). The van der Waals surface area contributed by atoms with Gasteiger partial charge >= 0.3 is 0 Å². The van der Waals surface area contributed by atoms with Gasteiger partial charge in [-0.05, 0) is 37.1 Å². The third kappa shape index (κ3) is 4.84. The Labute approximate surface area is 116 Å². The topological polar surface area (TPSA) is 56.3 Å². The third-order valence-corrected chi connectivity index (χ3v) is 3.08. The number of anilines is 2. The maximum absolute atomic E-state index is 5.63. The molecule has 5 nitrogen and oxygen atoms in total. The first-order valence-electron chi connectivity index (χ1n) is 6.13. The molecule has 0 saturated carbocycles. The maximum Gasteiger partial charge on any atom is 0.209 e. The Morgan fingerprint density at radius 2 is 1.95 bits per heavy atom. The predicted octanol–water partition coefficient (Wildman–Crippen LogP) is 3.09. The predicted molar refractivity (Wildman–Crippen MR) is 76.2 cm³/mol. The van der Waals surface area contributed by atoms with Crippen LogP contribution in [0, 0.1) is 0 Å². The van der Waals surface area contributed by atoms with Gasteiger partial charge in [-0.1, -0.05) is 11.3 Å². The number of rotatable bonds is 8. The van der Waals surface area contributed by atoms with Crippen LogP contribution in [0.3, 0.4) is 0 Å². The molecule has 0 spiro atoms. The van der Waals surface area contributed by atoms with Crippen LogP contribution in [0.2, 0.25) is 0 Å². The van der Waals surface area contributed by atoms with E-state index in [0.29, 0.717) is 6.61 Å². The minimum absolute atomic E-state index is 0.715. The van der Waals surface area contributed by atoms with Crippen molar-refractivity contribution in [1.29, 1.82) is 0 Å². The monoisotopic (exact) mass is 279 g/mol. The zero-order valence-electron chi connectivity index (χ0n) is 10.8. The first-order chi connectivity index (χ1) is 9.38. The summed E-state index contributed by atoms with van der Waals surface area (Å²) in [5.74, 6) is 0.875. The third-order valence-electron chi connectivity index (χ3n) is 2.48. The van der Waals surface area contributed by atoms with Crippen molar-refractivity contribution < 1.29 is 9.47 Å². The van der Waals surface area contributed by atoms with E-state index in [1.807, 2.05) is 24.3 Å². The van der Waals surface area contributed by atoms with Crippen molar-refractivity contribution in [3.8, 4) is 5.75 Å². The van der Waals surface area contributed by atoms with Gasteiger partial charge in [0.2, 0.25) is 5.13 Å². The van der Waals surface area contributed by atoms with Crippen LogP contribution >= 0.6 is 11.3 Å². The SMILES string of the molecule is COCCCCOc1ccc(Nc2nncs2)cc1. The van der Waals surface area contributed by atoms with Crippen LogP contribution in [0.1, 0.15) is 12.8 Å². The molecule has 102 valence electrons. The molecule has 1 aromatic heterocycles. The Kier molecular flexibility index (Phi) is 5.58. The van der Waals surface area contributed by atoms with Gasteiger partial charge in [0, 0.05) is 19.4 Å². The van der Waals surface area contributed by atoms with Crippen molar-refractivity contribution in [2.24, 2.45) is 0 Å². The average molecular weight is 279 g/mol. The van der Waals surface area contributed by atoms with Crippen molar-refractivity contribution in [2.75, 3.05) is 25.6 Å². The van der Waals surface area contributed by atoms with Gasteiger partial charge in [0.25, 0.3) is 0 Å². The Hall–Kier alpha value is -1.66. The molecule has 0 aliphatic carbocycles. The number of nitrogens with zero attached hydrogens (tertiary/aromatic N) is 2. The first kappa shape index (κ1) is 13.8. The molecule has 0 aliphatic rings. The van der Waals surface area contributed by atoms with Gasteiger partial charge in [0.1, 0.15) is 11.3 Å². The van der Waals surface area contributed by atoms with Gasteiger partial charge in [0.15, 0.2) is 0 Å². The molecule has 0 aliphatic heterocycles. The van der Waals surface area contributed by atoms with E-state index in [1.165, 1.54) is 11.3 Å². The minimum Gasteiger partial charge on any atom is -0.494 e. The van der Waals surface area contributed by atoms with E-state index in [1.54, 1.807) is 12.6 Å². The minimum atomic E-state index is 0.715. The Bertz CT molecular complexity index is 459. The highest BCUT2D eigenvalue weighted by Crippen LogP contribution is 2.20. The molecule has 0 radical (unpaired) electrons. The standard InChI is InChI=1S/C13H17N3O2S/c1-17-8-2-3-9-18-12-6-4-11(5-7-12)15-13-16-14-10-19-13/h4-7,10H,2-3,8-9H2,1H3,(H,15,16). The van der Waals surface area contributed by atoms with Gasteiger partial charge < -0.3 is 14.8 Å². The van der Waals surface area contributed by atoms with Crippen LogP contribution < -0.4 is 10.1 Å². The summed E-state index contributed by atoms with van der Waals surface area (Å²) in [5.41, 5.74) is 2.67. The van der Waals surface area contributed by atoms with Gasteiger partial charge in [-0.3, -0.25) is 0 Å². The Morgan fingerprint density at radius 1 is 1.16 bits per heavy atom. The van der Waals surface area contributed by atoms with Gasteiger partial charge in [-0.2, -0.15) is 0 Å². The Balaban J connectivity index is 1.75. The second-order valence-corrected chi connectivity index (χ2v) is 4.77. The fourth-order valence-corrected chi connectivity index (χ4v) is 1.99. The van der Waals surface area contributed by atoms with Gasteiger partial charge in [-0.15, -0.1) is 10.2 Å². The number of ether oxygens (including phenoxy) is 2. The summed E-state index contributed by atoms with van der Waals surface area (Å²) < 4.78 is 10.6. The van der Waals surface area contributed by atoms with Crippen LogP contribution in [0.5, 0.6) is 5.75 Å². The summed E-state index contributed by atoms with van der Waals surface area (Å²) in [5, 5.41) is 11.7. The summed E-state index contributed by atoms with van der Waals surface area (Å²) in [4.78, 5) is 0. The summed E-state index contributed by atoms with van der Waals surface area (Å²) in [7, 11) is 1.71. The largest absolute Gasteiger partial charge is 0.494 e. The molecule has 2 aromatic rings. The number of unbranched alkanes of at least 4 members (excludes halogenated alkanes) is 1. The number of nitrogens with one attached hydrogen (secondary N) is 1. The van der Waals surface area contributed by atoms with E-state index >= 15 is 0 Å². The molecule has 0 amide bonds. The molecule has 0 atom stereocenters. The van der Waals surface area contributed by atoms with Crippen molar-refractivity contribution in [3.05, 3.63) is 29.8 Å². The lowest BCUT2D eigenvalue weighted by atomic mass is 10.3. The van der Waals surface area contributed by atoms with Gasteiger partial charge in [0.05, 0.1) is 6.61 Å². The van der Waals surface area contributed by atoms with Crippen LogP contribution in [0.25, 0.3) is 0 Å². The van der Waals surface area contributed by atoms with Crippen molar-refractivity contribution in [1.82, 2.24) is 10.2 Å². The smallest absolute Gasteiger partial charge is 0.209 e. The summed E-state index contributed by atoms with van der Waals surface area (Å²) in [6.07, 6.45) is 2.02. The van der Waals surface area contributed by atoms with Gasteiger partial charge in [-0.25, -0.2) is 0 Å². The molecule has 19 heavy (non-hydrogen) atoms. The molecule has 0 bridgehead atoms. The lowest BCUT2D eigenvalue weighted by molar-refractivity contribution is 0.184. The van der Waals surface area contributed by atoms with Crippen molar-refractivity contribution in [2.45, 2.75) is 12.8 Å². The molecule has 6 heteroatoms. The second-order valence-electron chi connectivity index (χ2n) is 3.94. The molecule has 1 aromatic carbocycles. The van der Waals surface area contributed by atoms with E-state index in [4.69, 9.17) is 9.47 Å².